The van der Waals surface area contributed by atoms with Gasteiger partial charge >= 0.3 is 5.97 Å². The van der Waals surface area contributed by atoms with Gasteiger partial charge < -0.3 is 10.1 Å². The van der Waals surface area contributed by atoms with E-state index in [2.05, 4.69) is 5.32 Å². The smallest absolute Gasteiger partial charge is 0.338 e. The highest BCUT2D eigenvalue weighted by atomic mass is 32.1. The Kier molecular flexibility index (Phi) is 5.06. The van der Waals surface area contributed by atoms with E-state index >= 15 is 0 Å². The summed E-state index contributed by atoms with van der Waals surface area (Å²) < 4.78 is 4.89. The molecule has 114 valence electrons. The Hall–Kier alpha value is -2.47. The molecule has 0 fully saturated rings. The van der Waals surface area contributed by atoms with Gasteiger partial charge in [0, 0.05) is 5.69 Å². The van der Waals surface area contributed by atoms with E-state index in [1.165, 1.54) is 6.92 Å². The average molecular weight is 317 g/mol. The minimum atomic E-state index is -0.398. The Morgan fingerprint density at radius 1 is 1.05 bits per heavy atom. The zero-order valence-electron chi connectivity index (χ0n) is 12.2. The molecule has 0 spiro atoms. The Labute approximate surface area is 131 Å². The predicted molar refractivity (Wildman–Crippen MR) is 84.7 cm³/mol. The van der Waals surface area contributed by atoms with Crippen LogP contribution in [0, 0.1) is 0 Å². The molecule has 0 saturated heterocycles. The van der Waals surface area contributed by atoms with Crippen LogP contribution in [0.15, 0.2) is 36.4 Å². The SMILES string of the molecule is CCOC(=O)c1ccc(NC(=O)c2ccc(C(C)=O)s2)cc1. The third-order valence-corrected chi connectivity index (χ3v) is 4.02. The molecular formula is C16H15NO4S. The number of Topliss-reactive ketones (excluding diaryl/α,β-unsaturated/α-hetero) is 1. The maximum Gasteiger partial charge on any atom is 0.338 e. The molecule has 0 radical (unpaired) electrons. The normalized spacial score (nSPS) is 10.1. The van der Waals surface area contributed by atoms with Crippen LogP contribution in [0.3, 0.4) is 0 Å². The van der Waals surface area contributed by atoms with Crippen molar-refractivity contribution in [3.8, 4) is 0 Å². The van der Waals surface area contributed by atoms with E-state index in [9.17, 15) is 14.4 Å². The molecule has 1 heterocycles. The first-order chi connectivity index (χ1) is 10.5. The van der Waals surface area contributed by atoms with Gasteiger partial charge in [0.2, 0.25) is 0 Å². The molecule has 0 unspecified atom stereocenters. The van der Waals surface area contributed by atoms with Crippen LogP contribution in [0.4, 0.5) is 5.69 Å². The fraction of sp³-hybridized carbons (Fsp3) is 0.188. The van der Waals surface area contributed by atoms with Gasteiger partial charge in [-0.1, -0.05) is 0 Å². The largest absolute Gasteiger partial charge is 0.462 e. The van der Waals surface area contributed by atoms with Crippen molar-refractivity contribution < 1.29 is 19.1 Å². The van der Waals surface area contributed by atoms with Crippen LogP contribution in [0.25, 0.3) is 0 Å². The predicted octanol–water partition coefficient (Wildman–Crippen LogP) is 3.38. The Morgan fingerprint density at radius 3 is 2.23 bits per heavy atom. The van der Waals surface area contributed by atoms with Crippen LogP contribution in [0.1, 0.15) is 43.5 Å². The number of rotatable bonds is 5. The summed E-state index contributed by atoms with van der Waals surface area (Å²) in [4.78, 5) is 35.8. The molecule has 22 heavy (non-hydrogen) atoms. The van der Waals surface area contributed by atoms with E-state index in [0.29, 0.717) is 27.6 Å². The van der Waals surface area contributed by atoms with E-state index in [0.717, 1.165) is 11.3 Å². The standard InChI is InChI=1S/C16H15NO4S/c1-3-21-16(20)11-4-6-12(7-5-11)17-15(19)14-9-8-13(22-14)10(2)18/h4-9H,3H2,1-2H3,(H,17,19). The minimum absolute atomic E-state index is 0.0668. The Morgan fingerprint density at radius 2 is 1.68 bits per heavy atom. The number of ketones is 1. The molecule has 1 N–H and O–H groups in total. The molecule has 0 aliphatic carbocycles. The maximum atomic E-state index is 12.1. The molecule has 2 aromatic rings. The number of hydrogen-bond donors (Lipinski definition) is 1. The molecule has 2 rings (SSSR count). The lowest BCUT2D eigenvalue weighted by atomic mass is 10.2. The monoisotopic (exact) mass is 317 g/mol. The molecule has 6 heteroatoms. The van der Waals surface area contributed by atoms with Gasteiger partial charge in [-0.3, -0.25) is 9.59 Å². The topological polar surface area (TPSA) is 72.5 Å². The van der Waals surface area contributed by atoms with Gasteiger partial charge in [0.1, 0.15) is 0 Å². The van der Waals surface area contributed by atoms with Gasteiger partial charge in [0.05, 0.1) is 21.9 Å². The van der Waals surface area contributed by atoms with Crippen molar-refractivity contribution in [2.45, 2.75) is 13.8 Å². The summed E-state index contributed by atoms with van der Waals surface area (Å²) >= 11 is 1.15. The van der Waals surface area contributed by atoms with Crippen molar-refractivity contribution in [3.63, 3.8) is 0 Å². The van der Waals surface area contributed by atoms with Gasteiger partial charge in [-0.25, -0.2) is 4.79 Å². The number of thiophene rings is 1. The summed E-state index contributed by atoms with van der Waals surface area (Å²) in [7, 11) is 0. The van der Waals surface area contributed by atoms with Crippen molar-refractivity contribution in [1.29, 1.82) is 0 Å². The van der Waals surface area contributed by atoms with Crippen LogP contribution in [0.2, 0.25) is 0 Å². The molecule has 5 nitrogen and oxygen atoms in total. The molecule has 0 saturated carbocycles. The summed E-state index contributed by atoms with van der Waals surface area (Å²) in [6, 6.07) is 9.68. The number of hydrogen-bond acceptors (Lipinski definition) is 5. The highest BCUT2D eigenvalue weighted by molar-refractivity contribution is 7.16. The fourth-order valence-corrected chi connectivity index (χ4v) is 2.54. The number of ether oxygens (including phenoxy) is 1. The van der Waals surface area contributed by atoms with Crippen molar-refractivity contribution >= 4 is 34.7 Å². The number of esters is 1. The van der Waals surface area contributed by atoms with Crippen LogP contribution in [0.5, 0.6) is 0 Å². The molecule has 0 atom stereocenters. The minimum Gasteiger partial charge on any atom is -0.462 e. The van der Waals surface area contributed by atoms with Crippen molar-refractivity contribution in [1.82, 2.24) is 0 Å². The molecule has 1 aromatic carbocycles. The molecule has 0 aliphatic rings. The molecule has 0 bridgehead atoms. The Balaban J connectivity index is 2.05. The van der Waals surface area contributed by atoms with E-state index in [4.69, 9.17) is 4.74 Å². The van der Waals surface area contributed by atoms with E-state index in [-0.39, 0.29) is 11.7 Å². The molecule has 1 aromatic heterocycles. The highest BCUT2D eigenvalue weighted by Gasteiger charge is 2.12. The number of amides is 1. The summed E-state index contributed by atoms with van der Waals surface area (Å²) in [5, 5.41) is 2.72. The van der Waals surface area contributed by atoms with Gasteiger partial charge in [-0.2, -0.15) is 0 Å². The summed E-state index contributed by atoms with van der Waals surface area (Å²) in [6.45, 7) is 3.51. The second kappa shape index (κ2) is 7.00. The van der Waals surface area contributed by atoms with Crippen molar-refractivity contribution in [2.75, 3.05) is 11.9 Å². The van der Waals surface area contributed by atoms with Crippen LogP contribution < -0.4 is 5.32 Å². The molecule has 1 amide bonds. The zero-order chi connectivity index (χ0) is 16.1. The van der Waals surface area contributed by atoms with Gasteiger partial charge in [-0.15, -0.1) is 11.3 Å². The lowest BCUT2D eigenvalue weighted by Gasteiger charge is -2.05. The summed E-state index contributed by atoms with van der Waals surface area (Å²) in [5.74, 6) is -0.756. The second-order valence-electron chi connectivity index (χ2n) is 4.47. The van der Waals surface area contributed by atoms with Crippen LogP contribution >= 0.6 is 11.3 Å². The summed E-state index contributed by atoms with van der Waals surface area (Å²) in [6.07, 6.45) is 0. The van der Waals surface area contributed by atoms with Gasteiger partial charge in [-0.05, 0) is 50.2 Å². The first-order valence-corrected chi connectivity index (χ1v) is 7.52. The third kappa shape index (κ3) is 3.79. The number of anilines is 1. The lowest BCUT2D eigenvalue weighted by Crippen LogP contribution is -2.10. The van der Waals surface area contributed by atoms with Gasteiger partial charge in [0.15, 0.2) is 5.78 Å². The average Bonchev–Trinajstić information content (AvgIpc) is 2.98. The number of carbonyl (C=O) groups excluding carboxylic acids is 3. The Bertz CT molecular complexity index is 703. The van der Waals surface area contributed by atoms with Gasteiger partial charge in [0.25, 0.3) is 5.91 Å². The quantitative estimate of drug-likeness (QED) is 0.678. The van der Waals surface area contributed by atoms with E-state index < -0.39 is 5.97 Å². The van der Waals surface area contributed by atoms with Crippen LogP contribution in [-0.2, 0) is 4.74 Å². The molecule has 0 aliphatic heterocycles. The number of carbonyl (C=O) groups is 3. The fourth-order valence-electron chi connectivity index (χ4n) is 1.75. The van der Waals surface area contributed by atoms with Crippen molar-refractivity contribution in [2.24, 2.45) is 0 Å². The van der Waals surface area contributed by atoms with Crippen LogP contribution in [-0.4, -0.2) is 24.3 Å². The van der Waals surface area contributed by atoms with Crippen molar-refractivity contribution in [3.05, 3.63) is 51.7 Å². The first-order valence-electron chi connectivity index (χ1n) is 6.70. The number of nitrogens with one attached hydrogen (secondary N) is 1. The second-order valence-corrected chi connectivity index (χ2v) is 5.56. The third-order valence-electron chi connectivity index (χ3n) is 2.83. The summed E-state index contributed by atoms with van der Waals surface area (Å²) in [5.41, 5.74) is 0.991. The molecular weight excluding hydrogens is 302 g/mol. The highest BCUT2D eigenvalue weighted by Crippen LogP contribution is 2.19. The zero-order valence-corrected chi connectivity index (χ0v) is 13.0. The lowest BCUT2D eigenvalue weighted by molar-refractivity contribution is 0.0526. The maximum absolute atomic E-state index is 12.1. The van der Waals surface area contributed by atoms with E-state index in [1.807, 2.05) is 0 Å². The first kappa shape index (κ1) is 15.9. The van der Waals surface area contributed by atoms with E-state index in [1.54, 1.807) is 43.3 Å². The number of benzene rings is 1.